The number of hydrogen-bond donors (Lipinski definition) is 1. The summed E-state index contributed by atoms with van der Waals surface area (Å²) >= 11 is 1.17. The molecule has 0 aliphatic carbocycles. The molecular weight excluding hydrogens is 418 g/mol. The number of ether oxygens (including phenoxy) is 3. The van der Waals surface area contributed by atoms with E-state index in [0.717, 1.165) is 29.0 Å². The summed E-state index contributed by atoms with van der Waals surface area (Å²) in [7, 11) is 1.61. The highest BCUT2D eigenvalue weighted by Crippen LogP contribution is 2.38. The molecule has 1 aliphatic rings. The van der Waals surface area contributed by atoms with Crippen molar-refractivity contribution in [1.29, 1.82) is 0 Å². The number of thioether (sulfide) groups is 1. The molecule has 9 heteroatoms. The molecular formula is C22H23N3O5S. The first-order valence-electron chi connectivity index (χ1n) is 9.92. The molecule has 162 valence electrons. The molecule has 0 radical (unpaired) electrons. The van der Waals surface area contributed by atoms with Crippen LogP contribution >= 0.6 is 11.8 Å². The smallest absolute Gasteiger partial charge is 0.277 e. The van der Waals surface area contributed by atoms with Crippen LogP contribution in [0.25, 0.3) is 11.5 Å². The van der Waals surface area contributed by atoms with Crippen LogP contribution in [-0.2, 0) is 11.2 Å². The van der Waals surface area contributed by atoms with Gasteiger partial charge in [0.05, 0.1) is 25.2 Å². The van der Waals surface area contributed by atoms with Crippen molar-refractivity contribution in [2.75, 3.05) is 24.8 Å². The Labute approximate surface area is 184 Å². The van der Waals surface area contributed by atoms with Gasteiger partial charge in [0.15, 0.2) is 0 Å². The van der Waals surface area contributed by atoms with Crippen molar-refractivity contribution >= 4 is 23.4 Å². The molecule has 1 amide bonds. The van der Waals surface area contributed by atoms with Gasteiger partial charge in [-0.15, -0.1) is 10.2 Å². The Morgan fingerprint density at radius 2 is 2.06 bits per heavy atom. The van der Waals surface area contributed by atoms with Crippen molar-refractivity contribution in [1.82, 2.24) is 10.2 Å². The van der Waals surface area contributed by atoms with Gasteiger partial charge in [0.25, 0.3) is 5.22 Å². The topological polar surface area (TPSA) is 95.7 Å². The van der Waals surface area contributed by atoms with E-state index in [-0.39, 0.29) is 17.8 Å². The average Bonchev–Trinajstić information content (AvgIpc) is 3.38. The summed E-state index contributed by atoms with van der Waals surface area (Å²) in [5, 5.41) is 11.3. The number of nitrogens with one attached hydrogen (secondary N) is 1. The molecule has 0 fully saturated rings. The number of fused-ring (bicyclic) bond motifs is 1. The van der Waals surface area contributed by atoms with Crippen molar-refractivity contribution in [2.24, 2.45) is 0 Å². The molecule has 1 aromatic heterocycles. The number of aromatic nitrogens is 2. The number of nitrogens with zero attached hydrogens (tertiary/aromatic N) is 2. The molecule has 0 bridgehead atoms. The summed E-state index contributed by atoms with van der Waals surface area (Å²) in [4.78, 5) is 12.5. The molecule has 0 spiro atoms. The van der Waals surface area contributed by atoms with Crippen LogP contribution in [0.4, 0.5) is 5.69 Å². The second-order valence-electron chi connectivity index (χ2n) is 6.96. The molecule has 1 aliphatic heterocycles. The number of carbonyl (C=O) groups excluding carboxylic acids is 1. The molecule has 1 atom stereocenters. The quantitative estimate of drug-likeness (QED) is 0.520. The Morgan fingerprint density at radius 1 is 1.26 bits per heavy atom. The maximum atomic E-state index is 12.5. The summed E-state index contributed by atoms with van der Waals surface area (Å²) in [6.45, 7) is 4.42. The Bertz CT molecular complexity index is 1070. The van der Waals surface area contributed by atoms with Crippen molar-refractivity contribution in [3.63, 3.8) is 0 Å². The number of rotatable bonds is 8. The van der Waals surface area contributed by atoms with Gasteiger partial charge in [0, 0.05) is 23.6 Å². The van der Waals surface area contributed by atoms with Crippen LogP contribution in [0, 0.1) is 0 Å². The minimum absolute atomic E-state index is 0.114. The largest absolute Gasteiger partial charge is 0.497 e. The number of carbonyl (C=O) groups is 1. The third-order valence-electron chi connectivity index (χ3n) is 4.64. The fourth-order valence-electron chi connectivity index (χ4n) is 3.24. The van der Waals surface area contributed by atoms with Crippen LogP contribution in [0.3, 0.4) is 0 Å². The maximum absolute atomic E-state index is 12.5. The normalized spacial score (nSPS) is 14.6. The Morgan fingerprint density at radius 3 is 2.81 bits per heavy atom. The number of hydrogen-bond acceptors (Lipinski definition) is 8. The Hall–Kier alpha value is -3.20. The zero-order valence-corrected chi connectivity index (χ0v) is 18.3. The van der Waals surface area contributed by atoms with Crippen molar-refractivity contribution in [2.45, 2.75) is 31.6 Å². The van der Waals surface area contributed by atoms with Gasteiger partial charge < -0.3 is 23.9 Å². The predicted octanol–water partition coefficient (Wildman–Crippen LogP) is 4.20. The number of amides is 1. The summed E-state index contributed by atoms with van der Waals surface area (Å²) < 4.78 is 22.3. The minimum Gasteiger partial charge on any atom is -0.497 e. The molecule has 2 heterocycles. The van der Waals surface area contributed by atoms with E-state index in [2.05, 4.69) is 15.5 Å². The standard InChI is InChI=1S/C22H23N3O5S/c1-4-28-19-10-15-9-13(2)29-18(15)11-17(19)23-20(26)12-31-22-25-24-21(30-22)14-5-7-16(27-3)8-6-14/h5-8,10-11,13H,4,9,12H2,1-3H3,(H,23,26)/t13-/m1/s1. The minimum atomic E-state index is -0.207. The molecule has 2 aromatic carbocycles. The highest BCUT2D eigenvalue weighted by molar-refractivity contribution is 7.99. The summed E-state index contributed by atoms with van der Waals surface area (Å²) in [6, 6.07) is 11.1. The van der Waals surface area contributed by atoms with E-state index in [9.17, 15) is 4.79 Å². The van der Waals surface area contributed by atoms with Crippen molar-refractivity contribution < 1.29 is 23.4 Å². The van der Waals surface area contributed by atoms with E-state index < -0.39 is 0 Å². The molecule has 1 N–H and O–H groups in total. The van der Waals surface area contributed by atoms with E-state index in [0.29, 0.717) is 29.2 Å². The molecule has 0 saturated carbocycles. The van der Waals surface area contributed by atoms with Crippen molar-refractivity contribution in [3.8, 4) is 28.7 Å². The molecule has 8 nitrogen and oxygen atoms in total. The summed E-state index contributed by atoms with van der Waals surface area (Å²) in [5.41, 5.74) is 2.45. The Balaban J connectivity index is 1.38. The first-order valence-corrected chi connectivity index (χ1v) is 10.9. The van der Waals surface area contributed by atoms with Gasteiger partial charge in [-0.1, -0.05) is 11.8 Å². The second kappa shape index (κ2) is 9.30. The van der Waals surface area contributed by atoms with Crippen LogP contribution in [0.15, 0.2) is 46.0 Å². The highest BCUT2D eigenvalue weighted by atomic mass is 32.2. The zero-order chi connectivity index (χ0) is 21.8. The third kappa shape index (κ3) is 4.93. The van der Waals surface area contributed by atoms with Crippen LogP contribution in [-0.4, -0.2) is 41.7 Å². The van der Waals surface area contributed by atoms with E-state index in [1.165, 1.54) is 11.8 Å². The average molecular weight is 442 g/mol. The van der Waals surface area contributed by atoms with Gasteiger partial charge in [-0.2, -0.15) is 0 Å². The summed E-state index contributed by atoms with van der Waals surface area (Å²) in [5.74, 6) is 2.45. The van der Waals surface area contributed by atoms with Gasteiger partial charge in [-0.05, 0) is 44.2 Å². The van der Waals surface area contributed by atoms with E-state index >= 15 is 0 Å². The lowest BCUT2D eigenvalue weighted by Gasteiger charge is -2.13. The van der Waals surface area contributed by atoms with Gasteiger partial charge in [0.1, 0.15) is 23.4 Å². The van der Waals surface area contributed by atoms with Crippen LogP contribution < -0.4 is 19.5 Å². The van der Waals surface area contributed by atoms with Gasteiger partial charge in [-0.25, -0.2) is 0 Å². The fourth-order valence-corrected chi connectivity index (χ4v) is 3.81. The first-order chi connectivity index (χ1) is 15.1. The maximum Gasteiger partial charge on any atom is 0.277 e. The Kier molecular flexibility index (Phi) is 6.31. The molecule has 4 rings (SSSR count). The molecule has 0 saturated heterocycles. The number of anilines is 1. The summed E-state index contributed by atoms with van der Waals surface area (Å²) in [6.07, 6.45) is 0.941. The van der Waals surface area contributed by atoms with E-state index in [4.69, 9.17) is 18.6 Å². The van der Waals surface area contributed by atoms with Gasteiger partial charge >= 0.3 is 0 Å². The SMILES string of the molecule is CCOc1cc2c(cc1NC(=O)CSc1nnc(-c3ccc(OC)cc3)o1)O[C@H](C)C2. The van der Waals surface area contributed by atoms with E-state index in [1.807, 2.05) is 50.2 Å². The fraction of sp³-hybridized carbons (Fsp3) is 0.318. The highest BCUT2D eigenvalue weighted by Gasteiger charge is 2.23. The second-order valence-corrected chi connectivity index (χ2v) is 7.89. The molecule has 0 unspecified atom stereocenters. The number of benzene rings is 2. The van der Waals surface area contributed by atoms with Gasteiger partial charge in [-0.3, -0.25) is 4.79 Å². The number of methoxy groups -OCH3 is 1. The van der Waals surface area contributed by atoms with Gasteiger partial charge in [0.2, 0.25) is 11.8 Å². The monoisotopic (exact) mass is 441 g/mol. The van der Waals surface area contributed by atoms with E-state index in [1.54, 1.807) is 7.11 Å². The van der Waals surface area contributed by atoms with Crippen molar-refractivity contribution in [3.05, 3.63) is 42.0 Å². The molecule has 3 aromatic rings. The first kappa shape index (κ1) is 21.0. The lowest BCUT2D eigenvalue weighted by molar-refractivity contribution is -0.113. The van der Waals surface area contributed by atoms with Crippen LogP contribution in [0.1, 0.15) is 19.4 Å². The predicted molar refractivity (Wildman–Crippen MR) is 117 cm³/mol. The lowest BCUT2D eigenvalue weighted by Crippen LogP contribution is -2.15. The third-order valence-corrected chi connectivity index (χ3v) is 5.46. The molecule has 31 heavy (non-hydrogen) atoms. The van der Waals surface area contributed by atoms with Crippen LogP contribution in [0.2, 0.25) is 0 Å². The lowest BCUT2D eigenvalue weighted by atomic mass is 10.1. The van der Waals surface area contributed by atoms with Crippen LogP contribution in [0.5, 0.6) is 17.2 Å². The zero-order valence-electron chi connectivity index (χ0n) is 17.5.